The zero-order valence-electron chi connectivity index (χ0n) is 10.3. The molecule has 1 aromatic heterocycles. The van der Waals surface area contributed by atoms with Gasteiger partial charge in [0.1, 0.15) is 0 Å². The van der Waals surface area contributed by atoms with Gasteiger partial charge in [0.05, 0.1) is 11.0 Å². The molecule has 3 nitrogen and oxygen atoms in total. The van der Waals surface area contributed by atoms with Crippen molar-refractivity contribution < 1.29 is 13.2 Å². The average molecular weight is 277 g/mol. The summed E-state index contributed by atoms with van der Waals surface area (Å²) in [4.78, 5) is 7.24. The number of fused-ring (bicyclic) bond motifs is 1. The van der Waals surface area contributed by atoms with Crippen LogP contribution in [0.25, 0.3) is 11.0 Å². The van der Waals surface area contributed by atoms with Crippen LogP contribution in [0.2, 0.25) is 0 Å². The number of aromatic amines is 1. The second kappa shape index (κ2) is 4.88. The zero-order valence-corrected chi connectivity index (χ0v) is 10.3. The van der Waals surface area contributed by atoms with E-state index >= 15 is 0 Å². The van der Waals surface area contributed by atoms with Crippen LogP contribution in [0.3, 0.4) is 0 Å². The number of anilines is 1. The summed E-state index contributed by atoms with van der Waals surface area (Å²) >= 11 is 0. The Morgan fingerprint density at radius 1 is 1.00 bits per heavy atom. The Kier molecular flexibility index (Phi) is 3.06. The fraction of sp³-hybridized carbons (Fsp3) is 0.0714. The Hall–Kier alpha value is -2.50. The molecule has 102 valence electrons. The average Bonchev–Trinajstić information content (AvgIpc) is 2.87. The van der Waals surface area contributed by atoms with E-state index < -0.39 is 17.5 Å². The molecule has 2 aromatic carbocycles. The largest absolute Gasteiger partial charge is 0.352 e. The summed E-state index contributed by atoms with van der Waals surface area (Å²) < 4.78 is 39.4. The summed E-state index contributed by atoms with van der Waals surface area (Å²) in [7, 11) is 0. The highest BCUT2D eigenvalue weighted by molar-refractivity contribution is 5.77. The lowest BCUT2D eigenvalue weighted by Crippen LogP contribution is -2.05. The molecule has 0 spiro atoms. The van der Waals surface area contributed by atoms with Crippen molar-refractivity contribution in [3.63, 3.8) is 0 Å². The van der Waals surface area contributed by atoms with Crippen LogP contribution < -0.4 is 5.32 Å². The van der Waals surface area contributed by atoms with Crippen molar-refractivity contribution in [3.05, 3.63) is 59.4 Å². The quantitative estimate of drug-likeness (QED) is 0.718. The van der Waals surface area contributed by atoms with E-state index in [1.54, 1.807) is 0 Å². The highest BCUT2D eigenvalue weighted by atomic mass is 19.2. The zero-order chi connectivity index (χ0) is 14.1. The Morgan fingerprint density at radius 3 is 2.60 bits per heavy atom. The molecular weight excluding hydrogens is 267 g/mol. The van der Waals surface area contributed by atoms with E-state index in [1.165, 1.54) is 6.07 Å². The van der Waals surface area contributed by atoms with Crippen LogP contribution in [0.1, 0.15) is 5.56 Å². The third-order valence-corrected chi connectivity index (χ3v) is 2.95. The standard InChI is InChI=1S/C14H10F3N3/c15-9-6-5-8(12(16)13(9)17)7-18-14-19-10-3-1-2-4-11(10)20-14/h1-6H,7H2,(H2,18,19,20). The van der Waals surface area contributed by atoms with Crippen molar-refractivity contribution in [1.29, 1.82) is 0 Å². The maximum Gasteiger partial charge on any atom is 0.201 e. The third-order valence-electron chi connectivity index (χ3n) is 2.95. The fourth-order valence-corrected chi connectivity index (χ4v) is 1.92. The van der Waals surface area contributed by atoms with Crippen LogP contribution in [0.5, 0.6) is 0 Å². The van der Waals surface area contributed by atoms with Gasteiger partial charge >= 0.3 is 0 Å². The molecule has 0 aliphatic rings. The smallest absolute Gasteiger partial charge is 0.201 e. The van der Waals surface area contributed by atoms with E-state index in [2.05, 4.69) is 15.3 Å². The van der Waals surface area contributed by atoms with Gasteiger partial charge in [0.15, 0.2) is 17.5 Å². The van der Waals surface area contributed by atoms with Crippen LogP contribution in [0.15, 0.2) is 36.4 Å². The number of H-pyrrole nitrogens is 1. The van der Waals surface area contributed by atoms with Gasteiger partial charge in [-0.25, -0.2) is 18.2 Å². The molecule has 3 aromatic rings. The number of hydrogen-bond donors (Lipinski definition) is 2. The highest BCUT2D eigenvalue weighted by Gasteiger charge is 2.13. The van der Waals surface area contributed by atoms with Crippen LogP contribution >= 0.6 is 0 Å². The molecule has 1 heterocycles. The summed E-state index contributed by atoms with van der Waals surface area (Å²) in [6.45, 7) is 0.00283. The van der Waals surface area contributed by atoms with Gasteiger partial charge in [-0.2, -0.15) is 0 Å². The van der Waals surface area contributed by atoms with E-state index in [0.717, 1.165) is 17.1 Å². The lowest BCUT2D eigenvalue weighted by atomic mass is 10.2. The first-order valence-corrected chi connectivity index (χ1v) is 5.96. The minimum Gasteiger partial charge on any atom is -0.352 e. The number of imidazole rings is 1. The number of halogens is 3. The van der Waals surface area contributed by atoms with Crippen molar-refractivity contribution in [2.24, 2.45) is 0 Å². The molecular formula is C14H10F3N3. The first-order chi connectivity index (χ1) is 9.65. The van der Waals surface area contributed by atoms with E-state index in [4.69, 9.17) is 0 Å². The second-order valence-electron chi connectivity index (χ2n) is 4.29. The first kappa shape index (κ1) is 12.5. The minimum absolute atomic E-state index is 0.00283. The molecule has 20 heavy (non-hydrogen) atoms. The van der Waals surface area contributed by atoms with Crippen LogP contribution in [-0.4, -0.2) is 9.97 Å². The highest BCUT2D eigenvalue weighted by Crippen LogP contribution is 2.17. The number of hydrogen-bond acceptors (Lipinski definition) is 2. The van der Waals surface area contributed by atoms with Gasteiger partial charge in [-0.3, -0.25) is 0 Å². The molecule has 3 rings (SSSR count). The molecule has 0 unspecified atom stereocenters. The van der Waals surface area contributed by atoms with Gasteiger partial charge < -0.3 is 10.3 Å². The summed E-state index contributed by atoms with van der Waals surface area (Å²) in [6, 6.07) is 9.49. The molecule has 0 saturated carbocycles. The molecule has 6 heteroatoms. The van der Waals surface area contributed by atoms with Gasteiger partial charge in [-0.15, -0.1) is 0 Å². The third kappa shape index (κ3) is 2.20. The normalized spacial score (nSPS) is 10.9. The van der Waals surface area contributed by atoms with E-state index in [0.29, 0.717) is 5.95 Å². The van der Waals surface area contributed by atoms with E-state index in [-0.39, 0.29) is 12.1 Å². The molecule has 0 aliphatic carbocycles. The number of para-hydroxylation sites is 2. The Labute approximate surface area is 112 Å². The monoisotopic (exact) mass is 277 g/mol. The molecule has 0 radical (unpaired) electrons. The van der Waals surface area contributed by atoms with Crippen molar-refractivity contribution in [2.45, 2.75) is 6.54 Å². The summed E-state index contributed by atoms with van der Waals surface area (Å²) in [5.41, 5.74) is 1.63. The maximum atomic E-state index is 13.5. The summed E-state index contributed by atoms with van der Waals surface area (Å²) in [6.07, 6.45) is 0. The maximum absolute atomic E-state index is 13.5. The Balaban J connectivity index is 1.81. The number of benzene rings is 2. The fourth-order valence-electron chi connectivity index (χ4n) is 1.92. The number of rotatable bonds is 3. The molecule has 0 saturated heterocycles. The number of nitrogens with one attached hydrogen (secondary N) is 2. The number of nitrogens with zero attached hydrogens (tertiary/aromatic N) is 1. The lowest BCUT2D eigenvalue weighted by molar-refractivity contribution is 0.442. The first-order valence-electron chi connectivity index (χ1n) is 5.96. The number of aromatic nitrogens is 2. The van der Waals surface area contributed by atoms with Gasteiger partial charge in [-0.05, 0) is 18.2 Å². The Morgan fingerprint density at radius 2 is 1.80 bits per heavy atom. The van der Waals surface area contributed by atoms with Crippen LogP contribution in [0, 0.1) is 17.5 Å². The van der Waals surface area contributed by atoms with Crippen molar-refractivity contribution in [1.82, 2.24) is 9.97 Å². The molecule has 0 bridgehead atoms. The summed E-state index contributed by atoms with van der Waals surface area (Å²) in [5.74, 6) is -3.41. The van der Waals surface area contributed by atoms with Crippen molar-refractivity contribution >= 4 is 17.0 Å². The SMILES string of the molecule is Fc1ccc(CNc2nc3ccccc3[nH]2)c(F)c1F. The minimum atomic E-state index is -1.46. The van der Waals surface area contributed by atoms with E-state index in [9.17, 15) is 13.2 Å². The van der Waals surface area contributed by atoms with Crippen molar-refractivity contribution in [2.75, 3.05) is 5.32 Å². The molecule has 0 aliphatic heterocycles. The Bertz CT molecular complexity index is 734. The van der Waals surface area contributed by atoms with Gasteiger partial charge in [0, 0.05) is 12.1 Å². The van der Waals surface area contributed by atoms with Gasteiger partial charge in [0.2, 0.25) is 5.95 Å². The van der Waals surface area contributed by atoms with Crippen LogP contribution in [0.4, 0.5) is 19.1 Å². The van der Waals surface area contributed by atoms with Gasteiger partial charge in [0.25, 0.3) is 0 Å². The van der Waals surface area contributed by atoms with Crippen LogP contribution in [-0.2, 0) is 6.54 Å². The topological polar surface area (TPSA) is 40.7 Å². The molecule has 0 atom stereocenters. The van der Waals surface area contributed by atoms with Crippen molar-refractivity contribution in [3.8, 4) is 0 Å². The lowest BCUT2D eigenvalue weighted by Gasteiger charge is -2.05. The second-order valence-corrected chi connectivity index (χ2v) is 4.29. The van der Waals surface area contributed by atoms with Gasteiger partial charge in [-0.1, -0.05) is 18.2 Å². The molecule has 2 N–H and O–H groups in total. The molecule has 0 amide bonds. The predicted octanol–water partition coefficient (Wildman–Crippen LogP) is 3.59. The predicted molar refractivity (Wildman–Crippen MR) is 69.7 cm³/mol. The summed E-state index contributed by atoms with van der Waals surface area (Å²) in [5, 5.41) is 2.84. The van der Waals surface area contributed by atoms with E-state index in [1.807, 2.05) is 24.3 Å². The molecule has 0 fully saturated rings.